The number of thiophene rings is 1. The maximum absolute atomic E-state index is 11.8. The Morgan fingerprint density at radius 2 is 2.56 bits per heavy atom. The fourth-order valence-electron chi connectivity index (χ4n) is 2.12. The standard InChI is InChI=1S/C12H18N2OS/c1-2-14-7-3-5-10(9-14)13-12(15)11-6-4-8-16-11/h4,6,8,10H,2-3,5,7,9H2,1H3,(H,13,15). The number of hydrogen-bond acceptors (Lipinski definition) is 3. The second kappa shape index (κ2) is 5.46. The molecule has 0 spiro atoms. The van der Waals surface area contributed by atoms with E-state index < -0.39 is 0 Å². The third-order valence-electron chi connectivity index (χ3n) is 3.03. The number of likely N-dealkylation sites (N-methyl/N-ethyl adjacent to an activating group) is 1. The maximum Gasteiger partial charge on any atom is 0.261 e. The fraction of sp³-hybridized carbons (Fsp3) is 0.583. The Kier molecular flexibility index (Phi) is 3.96. The van der Waals surface area contributed by atoms with Gasteiger partial charge in [0.15, 0.2) is 0 Å². The summed E-state index contributed by atoms with van der Waals surface area (Å²) in [6.07, 6.45) is 2.29. The summed E-state index contributed by atoms with van der Waals surface area (Å²) in [6, 6.07) is 4.11. The molecule has 0 aromatic carbocycles. The third kappa shape index (κ3) is 2.83. The predicted octanol–water partition coefficient (Wildman–Crippen LogP) is 1.96. The molecule has 88 valence electrons. The molecule has 1 aliphatic rings. The molecule has 2 heterocycles. The number of carbonyl (C=O) groups is 1. The summed E-state index contributed by atoms with van der Waals surface area (Å²) in [5.41, 5.74) is 0. The van der Waals surface area contributed by atoms with E-state index in [0.717, 1.165) is 24.4 Å². The van der Waals surface area contributed by atoms with Crippen LogP contribution in [0.5, 0.6) is 0 Å². The van der Waals surface area contributed by atoms with Crippen molar-refractivity contribution in [3.8, 4) is 0 Å². The number of likely N-dealkylation sites (tertiary alicyclic amines) is 1. The highest BCUT2D eigenvalue weighted by atomic mass is 32.1. The summed E-state index contributed by atoms with van der Waals surface area (Å²) < 4.78 is 0. The first-order valence-corrected chi connectivity index (χ1v) is 6.74. The Hall–Kier alpha value is -0.870. The van der Waals surface area contributed by atoms with Gasteiger partial charge >= 0.3 is 0 Å². The molecule has 1 N–H and O–H groups in total. The highest BCUT2D eigenvalue weighted by Gasteiger charge is 2.20. The highest BCUT2D eigenvalue weighted by Crippen LogP contribution is 2.12. The van der Waals surface area contributed by atoms with Crippen LogP contribution in [-0.2, 0) is 0 Å². The van der Waals surface area contributed by atoms with Crippen LogP contribution in [0.15, 0.2) is 17.5 Å². The van der Waals surface area contributed by atoms with Gasteiger partial charge in [-0.25, -0.2) is 0 Å². The van der Waals surface area contributed by atoms with Gasteiger partial charge in [0.25, 0.3) is 5.91 Å². The van der Waals surface area contributed by atoms with Gasteiger partial charge in [-0.1, -0.05) is 13.0 Å². The minimum Gasteiger partial charge on any atom is -0.347 e. The molecule has 4 heteroatoms. The zero-order valence-electron chi connectivity index (χ0n) is 9.61. The Bertz CT molecular complexity index is 337. The van der Waals surface area contributed by atoms with Gasteiger partial charge in [-0.05, 0) is 37.4 Å². The number of carbonyl (C=O) groups excluding carboxylic acids is 1. The van der Waals surface area contributed by atoms with Gasteiger partial charge < -0.3 is 10.2 Å². The Morgan fingerprint density at radius 1 is 1.69 bits per heavy atom. The normalized spacial score (nSPS) is 21.9. The molecule has 1 amide bonds. The van der Waals surface area contributed by atoms with E-state index in [1.165, 1.54) is 24.3 Å². The molecular formula is C12H18N2OS. The van der Waals surface area contributed by atoms with Crippen molar-refractivity contribution in [2.45, 2.75) is 25.8 Å². The third-order valence-corrected chi connectivity index (χ3v) is 3.90. The predicted molar refractivity (Wildman–Crippen MR) is 66.9 cm³/mol. The van der Waals surface area contributed by atoms with Gasteiger partial charge in [-0.15, -0.1) is 11.3 Å². The van der Waals surface area contributed by atoms with E-state index >= 15 is 0 Å². The molecule has 1 fully saturated rings. The van der Waals surface area contributed by atoms with Gasteiger partial charge in [0.05, 0.1) is 4.88 Å². The SMILES string of the molecule is CCN1CCCC(NC(=O)c2cccs2)C1. The van der Waals surface area contributed by atoms with Crippen LogP contribution in [0.4, 0.5) is 0 Å². The highest BCUT2D eigenvalue weighted by molar-refractivity contribution is 7.12. The Morgan fingerprint density at radius 3 is 3.25 bits per heavy atom. The van der Waals surface area contributed by atoms with Gasteiger partial charge in [0.1, 0.15) is 0 Å². The summed E-state index contributed by atoms with van der Waals surface area (Å²) in [5, 5.41) is 5.05. The molecule has 1 unspecified atom stereocenters. The van der Waals surface area contributed by atoms with Crippen LogP contribution < -0.4 is 5.32 Å². The molecule has 1 aromatic heterocycles. The second-order valence-corrected chi connectivity index (χ2v) is 5.13. The zero-order valence-corrected chi connectivity index (χ0v) is 10.4. The summed E-state index contributed by atoms with van der Waals surface area (Å²) in [4.78, 5) is 15.1. The minimum atomic E-state index is 0.0814. The van der Waals surface area contributed by atoms with E-state index in [9.17, 15) is 4.79 Å². The smallest absolute Gasteiger partial charge is 0.261 e. The molecular weight excluding hydrogens is 220 g/mol. The lowest BCUT2D eigenvalue weighted by Gasteiger charge is -2.32. The fourth-order valence-corrected chi connectivity index (χ4v) is 2.75. The molecule has 0 bridgehead atoms. The minimum absolute atomic E-state index is 0.0814. The average molecular weight is 238 g/mol. The monoisotopic (exact) mass is 238 g/mol. The van der Waals surface area contributed by atoms with Gasteiger partial charge in [-0.3, -0.25) is 4.79 Å². The summed E-state index contributed by atoms with van der Waals surface area (Å²) in [7, 11) is 0. The number of piperidine rings is 1. The van der Waals surface area contributed by atoms with Crippen molar-refractivity contribution >= 4 is 17.2 Å². The van der Waals surface area contributed by atoms with E-state index in [2.05, 4.69) is 17.1 Å². The topological polar surface area (TPSA) is 32.3 Å². The van der Waals surface area contributed by atoms with Crippen molar-refractivity contribution in [3.05, 3.63) is 22.4 Å². The van der Waals surface area contributed by atoms with Crippen LogP contribution in [0, 0.1) is 0 Å². The van der Waals surface area contributed by atoms with Crippen molar-refractivity contribution in [1.82, 2.24) is 10.2 Å². The lowest BCUT2D eigenvalue weighted by Crippen LogP contribution is -2.47. The van der Waals surface area contributed by atoms with Crippen LogP contribution in [-0.4, -0.2) is 36.5 Å². The zero-order chi connectivity index (χ0) is 11.4. The Balaban J connectivity index is 1.87. The van der Waals surface area contributed by atoms with Crippen LogP contribution in [0.25, 0.3) is 0 Å². The molecule has 1 aliphatic heterocycles. The molecule has 3 nitrogen and oxygen atoms in total. The number of nitrogens with zero attached hydrogens (tertiary/aromatic N) is 1. The quantitative estimate of drug-likeness (QED) is 0.873. The first-order chi connectivity index (χ1) is 7.79. The lowest BCUT2D eigenvalue weighted by atomic mass is 10.1. The van der Waals surface area contributed by atoms with Crippen molar-refractivity contribution < 1.29 is 4.79 Å². The van der Waals surface area contributed by atoms with Crippen LogP contribution in [0.1, 0.15) is 29.4 Å². The van der Waals surface area contributed by atoms with Gasteiger partial charge in [-0.2, -0.15) is 0 Å². The molecule has 1 aromatic rings. The van der Waals surface area contributed by atoms with E-state index in [0.29, 0.717) is 6.04 Å². The molecule has 0 aliphatic carbocycles. The molecule has 0 saturated carbocycles. The lowest BCUT2D eigenvalue weighted by molar-refractivity contribution is 0.0910. The Labute approximate surface area is 100 Å². The first-order valence-electron chi connectivity index (χ1n) is 5.86. The summed E-state index contributed by atoms with van der Waals surface area (Å²) in [5.74, 6) is 0.0814. The van der Waals surface area contributed by atoms with Gasteiger partial charge in [0, 0.05) is 12.6 Å². The van der Waals surface area contributed by atoms with Crippen molar-refractivity contribution in [3.63, 3.8) is 0 Å². The number of amides is 1. The molecule has 16 heavy (non-hydrogen) atoms. The summed E-state index contributed by atoms with van der Waals surface area (Å²) >= 11 is 1.50. The maximum atomic E-state index is 11.8. The van der Waals surface area contributed by atoms with Gasteiger partial charge in [0.2, 0.25) is 0 Å². The number of hydrogen-bond donors (Lipinski definition) is 1. The second-order valence-electron chi connectivity index (χ2n) is 4.18. The van der Waals surface area contributed by atoms with E-state index in [1.807, 2.05) is 17.5 Å². The molecule has 1 atom stereocenters. The van der Waals surface area contributed by atoms with Crippen molar-refractivity contribution in [2.75, 3.05) is 19.6 Å². The molecule has 2 rings (SSSR count). The molecule has 0 radical (unpaired) electrons. The largest absolute Gasteiger partial charge is 0.347 e. The van der Waals surface area contributed by atoms with Crippen LogP contribution in [0.3, 0.4) is 0 Å². The van der Waals surface area contributed by atoms with E-state index in [1.54, 1.807) is 0 Å². The van der Waals surface area contributed by atoms with Crippen LogP contribution in [0.2, 0.25) is 0 Å². The average Bonchev–Trinajstić information content (AvgIpc) is 2.83. The number of rotatable bonds is 3. The van der Waals surface area contributed by atoms with E-state index in [4.69, 9.17) is 0 Å². The number of nitrogens with one attached hydrogen (secondary N) is 1. The van der Waals surface area contributed by atoms with Crippen LogP contribution >= 0.6 is 11.3 Å². The van der Waals surface area contributed by atoms with E-state index in [-0.39, 0.29) is 5.91 Å². The molecule has 1 saturated heterocycles. The van der Waals surface area contributed by atoms with Crippen molar-refractivity contribution in [2.24, 2.45) is 0 Å². The van der Waals surface area contributed by atoms with Crippen molar-refractivity contribution in [1.29, 1.82) is 0 Å². The summed E-state index contributed by atoms with van der Waals surface area (Å²) in [6.45, 7) is 5.41. The first kappa shape index (κ1) is 11.6.